The van der Waals surface area contributed by atoms with Crippen LogP contribution in [0.4, 0.5) is 0 Å². The average molecular weight is 326 g/mol. The van der Waals surface area contributed by atoms with Crippen molar-refractivity contribution in [2.45, 2.75) is 58.0 Å². The Labute approximate surface area is 133 Å². The smallest absolute Gasteiger partial charge is 0.301 e. The maximum Gasteiger partial charge on any atom is 0.301 e. The number of hydrogen-bond acceptors (Lipinski definition) is 7. The molecule has 2 aliphatic heterocycles. The highest BCUT2D eigenvalue weighted by atomic mass is 16.8. The highest BCUT2D eigenvalue weighted by Crippen LogP contribution is 2.43. The molecule has 1 aromatic heterocycles. The quantitative estimate of drug-likeness (QED) is 0.854. The predicted molar refractivity (Wildman–Crippen MR) is 79.2 cm³/mol. The van der Waals surface area contributed by atoms with Crippen molar-refractivity contribution in [3.63, 3.8) is 0 Å². The molecule has 0 saturated carbocycles. The molecule has 0 aliphatic carbocycles. The Bertz CT molecular complexity index is 643. The Kier molecular flexibility index (Phi) is 4.18. The van der Waals surface area contributed by atoms with E-state index in [0.717, 1.165) is 0 Å². The fourth-order valence-corrected chi connectivity index (χ4v) is 3.00. The van der Waals surface area contributed by atoms with Crippen LogP contribution in [0.5, 0.6) is 6.01 Å². The lowest BCUT2D eigenvalue weighted by molar-refractivity contribution is -0.200. The van der Waals surface area contributed by atoms with Crippen LogP contribution in [-0.4, -0.2) is 52.0 Å². The number of aryl methyl sites for hydroxylation is 1. The van der Waals surface area contributed by atoms with Gasteiger partial charge in [0.25, 0.3) is 5.56 Å². The van der Waals surface area contributed by atoms with Crippen LogP contribution in [0.15, 0.2) is 11.0 Å². The van der Waals surface area contributed by atoms with Crippen LogP contribution in [-0.2, 0) is 14.2 Å². The van der Waals surface area contributed by atoms with Gasteiger partial charge in [-0.2, -0.15) is 4.98 Å². The first kappa shape index (κ1) is 16.4. The second-order valence-electron chi connectivity index (χ2n) is 6.16. The predicted octanol–water partition coefficient (Wildman–Crippen LogP) is 0.360. The van der Waals surface area contributed by atoms with Gasteiger partial charge < -0.3 is 24.1 Å². The SMILES string of the molecule is CCOc1nc(=O)c(C)cn1[C@@H]1O[C@H](CO)[C@H]2OC(C)(C)O[C@H]21. The van der Waals surface area contributed by atoms with E-state index in [1.807, 2.05) is 20.8 Å². The first-order chi connectivity index (χ1) is 10.9. The highest BCUT2D eigenvalue weighted by molar-refractivity contribution is 5.11. The fourth-order valence-electron chi connectivity index (χ4n) is 3.00. The van der Waals surface area contributed by atoms with E-state index in [1.165, 1.54) is 0 Å². The van der Waals surface area contributed by atoms with Gasteiger partial charge in [-0.3, -0.25) is 9.36 Å². The molecule has 1 aromatic rings. The third-order valence-electron chi connectivity index (χ3n) is 3.94. The third-order valence-corrected chi connectivity index (χ3v) is 3.94. The van der Waals surface area contributed by atoms with Crippen LogP contribution >= 0.6 is 0 Å². The molecule has 0 spiro atoms. The van der Waals surface area contributed by atoms with Gasteiger partial charge in [-0.15, -0.1) is 0 Å². The molecule has 3 heterocycles. The van der Waals surface area contributed by atoms with Crippen molar-refractivity contribution in [1.29, 1.82) is 0 Å². The molecule has 0 bridgehead atoms. The topological polar surface area (TPSA) is 92.0 Å². The molecule has 0 radical (unpaired) electrons. The van der Waals surface area contributed by atoms with Gasteiger partial charge in [0.1, 0.15) is 18.3 Å². The summed E-state index contributed by atoms with van der Waals surface area (Å²) in [6.07, 6.45) is -0.288. The molecular formula is C15H22N2O6. The number of aromatic nitrogens is 2. The summed E-state index contributed by atoms with van der Waals surface area (Å²) in [6.45, 7) is 7.29. The second kappa shape index (κ2) is 5.86. The summed E-state index contributed by atoms with van der Waals surface area (Å²) in [5, 5.41) is 9.55. The van der Waals surface area contributed by atoms with Gasteiger partial charge in [0, 0.05) is 11.8 Å². The lowest BCUT2D eigenvalue weighted by Gasteiger charge is -2.26. The van der Waals surface area contributed by atoms with E-state index in [9.17, 15) is 9.90 Å². The average Bonchev–Trinajstić information content (AvgIpc) is 2.96. The molecule has 2 saturated heterocycles. The summed E-state index contributed by atoms with van der Waals surface area (Å²) in [5.74, 6) is -0.766. The minimum Gasteiger partial charge on any atom is -0.465 e. The zero-order chi connectivity index (χ0) is 16.8. The van der Waals surface area contributed by atoms with Crippen molar-refractivity contribution in [2.24, 2.45) is 0 Å². The lowest BCUT2D eigenvalue weighted by Crippen LogP contribution is -2.31. The van der Waals surface area contributed by atoms with Crippen LogP contribution in [0.25, 0.3) is 0 Å². The molecule has 2 aliphatic rings. The zero-order valence-corrected chi connectivity index (χ0v) is 13.7. The van der Waals surface area contributed by atoms with Crippen LogP contribution in [0.3, 0.4) is 0 Å². The summed E-state index contributed by atoms with van der Waals surface area (Å²) in [5.41, 5.74) is 0.126. The minimum atomic E-state index is -0.766. The molecule has 8 heteroatoms. The normalized spacial score (nSPS) is 32.0. The summed E-state index contributed by atoms with van der Waals surface area (Å²) < 4.78 is 24.8. The molecular weight excluding hydrogens is 304 g/mol. The molecule has 23 heavy (non-hydrogen) atoms. The standard InChI is InChI=1S/C15H22N2O6/c1-5-20-14-16-12(19)8(2)6-17(14)13-11-10(9(7-18)21-13)22-15(3,4)23-11/h6,9-11,13,18H,5,7H2,1-4H3/t9-,10-,11-,13-/m1/s1. The first-order valence-corrected chi connectivity index (χ1v) is 7.71. The molecule has 2 fully saturated rings. The maximum atomic E-state index is 11.8. The van der Waals surface area contributed by atoms with E-state index < -0.39 is 30.3 Å². The van der Waals surface area contributed by atoms with Crippen molar-refractivity contribution in [3.05, 3.63) is 22.1 Å². The molecule has 8 nitrogen and oxygen atoms in total. The van der Waals surface area contributed by atoms with E-state index in [-0.39, 0.29) is 18.2 Å². The Balaban J connectivity index is 2.01. The van der Waals surface area contributed by atoms with E-state index in [0.29, 0.717) is 12.2 Å². The van der Waals surface area contributed by atoms with Crippen LogP contribution in [0.2, 0.25) is 0 Å². The van der Waals surface area contributed by atoms with Crippen LogP contribution < -0.4 is 10.3 Å². The van der Waals surface area contributed by atoms with Crippen LogP contribution in [0, 0.1) is 6.92 Å². The second-order valence-corrected chi connectivity index (χ2v) is 6.16. The van der Waals surface area contributed by atoms with Gasteiger partial charge in [-0.05, 0) is 27.7 Å². The zero-order valence-electron chi connectivity index (χ0n) is 13.7. The van der Waals surface area contributed by atoms with Gasteiger partial charge >= 0.3 is 6.01 Å². The number of fused-ring (bicyclic) bond motifs is 1. The molecule has 128 valence electrons. The van der Waals surface area contributed by atoms with Crippen molar-refractivity contribution in [2.75, 3.05) is 13.2 Å². The molecule has 4 atom stereocenters. The monoisotopic (exact) mass is 326 g/mol. The molecule has 3 rings (SSSR count). The maximum absolute atomic E-state index is 11.8. The Morgan fingerprint density at radius 1 is 1.39 bits per heavy atom. The minimum absolute atomic E-state index is 0.166. The largest absolute Gasteiger partial charge is 0.465 e. The molecule has 0 aromatic carbocycles. The fraction of sp³-hybridized carbons (Fsp3) is 0.733. The number of aliphatic hydroxyl groups excluding tert-OH is 1. The molecule has 0 unspecified atom stereocenters. The van der Waals surface area contributed by atoms with Crippen molar-refractivity contribution in [3.8, 4) is 6.01 Å². The van der Waals surface area contributed by atoms with Crippen LogP contribution in [0.1, 0.15) is 32.6 Å². The number of aliphatic hydroxyl groups is 1. The van der Waals surface area contributed by atoms with Gasteiger partial charge in [0.05, 0.1) is 13.2 Å². The summed E-state index contributed by atoms with van der Waals surface area (Å²) in [6, 6.07) is 0.166. The third kappa shape index (κ3) is 2.87. The number of hydrogen-bond donors (Lipinski definition) is 1. The summed E-state index contributed by atoms with van der Waals surface area (Å²) in [4.78, 5) is 15.7. The Morgan fingerprint density at radius 3 is 2.74 bits per heavy atom. The summed E-state index contributed by atoms with van der Waals surface area (Å²) in [7, 11) is 0. The van der Waals surface area contributed by atoms with E-state index >= 15 is 0 Å². The molecule has 0 amide bonds. The van der Waals surface area contributed by atoms with E-state index in [2.05, 4.69) is 4.98 Å². The van der Waals surface area contributed by atoms with Gasteiger partial charge in [-0.25, -0.2) is 0 Å². The van der Waals surface area contributed by atoms with Gasteiger partial charge in [0.2, 0.25) is 0 Å². The van der Waals surface area contributed by atoms with Gasteiger partial charge in [0.15, 0.2) is 12.0 Å². The van der Waals surface area contributed by atoms with Crippen molar-refractivity contribution < 1.29 is 24.1 Å². The number of ether oxygens (including phenoxy) is 4. The van der Waals surface area contributed by atoms with E-state index in [4.69, 9.17) is 18.9 Å². The Hall–Kier alpha value is -1.48. The first-order valence-electron chi connectivity index (χ1n) is 7.71. The summed E-state index contributed by atoms with van der Waals surface area (Å²) >= 11 is 0. The van der Waals surface area contributed by atoms with Gasteiger partial charge in [-0.1, -0.05) is 0 Å². The number of nitrogens with zero attached hydrogens (tertiary/aromatic N) is 2. The highest BCUT2D eigenvalue weighted by Gasteiger charge is 2.56. The lowest BCUT2D eigenvalue weighted by atomic mass is 10.1. The van der Waals surface area contributed by atoms with E-state index in [1.54, 1.807) is 17.7 Å². The molecule has 1 N–H and O–H groups in total. The van der Waals surface area contributed by atoms with Crippen molar-refractivity contribution in [1.82, 2.24) is 9.55 Å². The number of rotatable bonds is 4. The Morgan fingerprint density at radius 2 is 2.09 bits per heavy atom. The van der Waals surface area contributed by atoms with Crippen molar-refractivity contribution >= 4 is 0 Å².